The number of benzene rings is 1. The molecule has 1 unspecified atom stereocenters. The van der Waals surface area contributed by atoms with Gasteiger partial charge in [-0.05, 0) is 56.2 Å². The molecule has 0 radical (unpaired) electrons. The van der Waals surface area contributed by atoms with Gasteiger partial charge in [-0.2, -0.15) is 0 Å². The smallest absolute Gasteiger partial charge is 0.159 e. The molecule has 2 rings (SSSR count). The average Bonchev–Trinajstić information content (AvgIpc) is 2.42. The molecule has 2 nitrogen and oxygen atoms in total. The third-order valence-corrected chi connectivity index (χ3v) is 4.03. The summed E-state index contributed by atoms with van der Waals surface area (Å²) in [7, 11) is 0. The molecule has 106 valence electrons. The predicted molar refractivity (Wildman–Crippen MR) is 70.7 cm³/mol. The Balaban J connectivity index is 1.90. The Morgan fingerprint density at radius 2 is 1.89 bits per heavy atom. The van der Waals surface area contributed by atoms with Gasteiger partial charge in [0.15, 0.2) is 11.6 Å². The van der Waals surface area contributed by atoms with E-state index < -0.39 is 11.6 Å². The van der Waals surface area contributed by atoms with Gasteiger partial charge in [-0.15, -0.1) is 0 Å². The molecule has 0 amide bonds. The highest BCUT2D eigenvalue weighted by Crippen LogP contribution is 2.26. The van der Waals surface area contributed by atoms with Crippen molar-refractivity contribution in [1.82, 2.24) is 5.32 Å². The molecule has 0 bridgehead atoms. The van der Waals surface area contributed by atoms with Gasteiger partial charge >= 0.3 is 0 Å². The molecule has 1 saturated carbocycles. The fourth-order valence-corrected chi connectivity index (χ4v) is 2.74. The summed E-state index contributed by atoms with van der Waals surface area (Å²) in [6, 6.07) is 4.45. The number of aliphatic hydroxyl groups excluding tert-OH is 1. The van der Waals surface area contributed by atoms with Crippen LogP contribution in [-0.4, -0.2) is 17.8 Å². The van der Waals surface area contributed by atoms with Crippen LogP contribution >= 0.6 is 0 Å². The minimum Gasteiger partial charge on any atom is -0.396 e. The van der Waals surface area contributed by atoms with Gasteiger partial charge in [-0.3, -0.25) is 0 Å². The normalized spacial score (nSPS) is 25.3. The molecule has 0 aromatic heterocycles. The Bertz CT molecular complexity index is 417. The second-order valence-electron chi connectivity index (χ2n) is 5.46. The van der Waals surface area contributed by atoms with Crippen LogP contribution in [-0.2, 0) is 0 Å². The summed E-state index contributed by atoms with van der Waals surface area (Å²) in [6.45, 7) is 2.23. The highest BCUT2D eigenvalue weighted by Gasteiger charge is 2.22. The van der Waals surface area contributed by atoms with Gasteiger partial charge in [0.25, 0.3) is 0 Å². The summed E-state index contributed by atoms with van der Waals surface area (Å²) in [6.07, 6.45) is 4.11. The van der Waals surface area contributed by atoms with E-state index >= 15 is 0 Å². The first-order chi connectivity index (χ1) is 9.10. The Hall–Kier alpha value is -1.00. The lowest BCUT2D eigenvalue weighted by atomic mass is 9.86. The quantitative estimate of drug-likeness (QED) is 0.880. The molecule has 19 heavy (non-hydrogen) atoms. The second-order valence-corrected chi connectivity index (χ2v) is 5.46. The Morgan fingerprint density at radius 1 is 1.21 bits per heavy atom. The van der Waals surface area contributed by atoms with Crippen molar-refractivity contribution in [3.8, 4) is 0 Å². The van der Waals surface area contributed by atoms with Gasteiger partial charge in [0, 0.05) is 18.7 Å². The van der Waals surface area contributed by atoms with Crippen molar-refractivity contribution in [2.75, 3.05) is 6.61 Å². The van der Waals surface area contributed by atoms with Gasteiger partial charge < -0.3 is 10.4 Å². The van der Waals surface area contributed by atoms with Gasteiger partial charge in [-0.1, -0.05) is 6.07 Å². The standard InChI is InChI=1S/C15H21F2NO/c1-10(12-4-7-14(16)15(17)8-12)18-13-5-2-11(9-19)3-6-13/h4,7-8,10-11,13,18-19H,2-3,5-6,9H2,1H3. The topological polar surface area (TPSA) is 32.3 Å². The first-order valence-corrected chi connectivity index (χ1v) is 6.92. The van der Waals surface area contributed by atoms with E-state index in [4.69, 9.17) is 5.11 Å². The van der Waals surface area contributed by atoms with Crippen LogP contribution in [0, 0.1) is 17.6 Å². The van der Waals surface area contributed by atoms with Crippen LogP contribution in [0.4, 0.5) is 8.78 Å². The zero-order valence-corrected chi connectivity index (χ0v) is 11.2. The highest BCUT2D eigenvalue weighted by atomic mass is 19.2. The molecule has 0 spiro atoms. The van der Waals surface area contributed by atoms with E-state index in [1.54, 1.807) is 6.07 Å². The van der Waals surface area contributed by atoms with Gasteiger partial charge in [0.05, 0.1) is 0 Å². The van der Waals surface area contributed by atoms with Crippen LogP contribution < -0.4 is 5.32 Å². The molecule has 1 aliphatic rings. The molecule has 0 aliphatic heterocycles. The third kappa shape index (κ3) is 3.74. The maximum absolute atomic E-state index is 13.2. The molecule has 1 aromatic carbocycles. The molecule has 2 N–H and O–H groups in total. The van der Waals surface area contributed by atoms with E-state index in [1.807, 2.05) is 6.92 Å². The van der Waals surface area contributed by atoms with Crippen molar-refractivity contribution in [3.05, 3.63) is 35.4 Å². The number of nitrogens with one attached hydrogen (secondary N) is 1. The van der Waals surface area contributed by atoms with Crippen molar-refractivity contribution in [1.29, 1.82) is 0 Å². The summed E-state index contributed by atoms with van der Waals surface area (Å²) in [4.78, 5) is 0. The molecule has 1 aliphatic carbocycles. The molecular weight excluding hydrogens is 248 g/mol. The Labute approximate surface area is 112 Å². The lowest BCUT2D eigenvalue weighted by Gasteiger charge is -2.30. The van der Waals surface area contributed by atoms with E-state index in [2.05, 4.69) is 5.32 Å². The van der Waals surface area contributed by atoms with Crippen molar-refractivity contribution >= 4 is 0 Å². The van der Waals surface area contributed by atoms with Crippen molar-refractivity contribution in [2.45, 2.75) is 44.7 Å². The first-order valence-electron chi connectivity index (χ1n) is 6.92. The molecule has 1 atom stereocenters. The van der Waals surface area contributed by atoms with Crippen molar-refractivity contribution in [3.63, 3.8) is 0 Å². The molecule has 0 saturated heterocycles. The van der Waals surface area contributed by atoms with Crippen molar-refractivity contribution < 1.29 is 13.9 Å². The largest absolute Gasteiger partial charge is 0.396 e. The van der Waals surface area contributed by atoms with Crippen molar-refractivity contribution in [2.24, 2.45) is 5.92 Å². The number of hydrogen-bond donors (Lipinski definition) is 2. The van der Waals surface area contributed by atoms with E-state index in [9.17, 15) is 8.78 Å². The van der Waals surface area contributed by atoms with Crippen LogP contribution in [0.3, 0.4) is 0 Å². The van der Waals surface area contributed by atoms with E-state index in [1.165, 1.54) is 12.1 Å². The van der Waals surface area contributed by atoms with E-state index in [-0.39, 0.29) is 12.6 Å². The fourth-order valence-electron chi connectivity index (χ4n) is 2.74. The zero-order chi connectivity index (χ0) is 13.8. The molecular formula is C15H21F2NO. The summed E-state index contributed by atoms with van der Waals surface area (Å²) < 4.78 is 26.1. The summed E-state index contributed by atoms with van der Waals surface area (Å²) in [5, 5.41) is 12.6. The second kappa shape index (κ2) is 6.44. The predicted octanol–water partition coefficient (Wildman–Crippen LogP) is 3.17. The monoisotopic (exact) mass is 269 g/mol. The summed E-state index contributed by atoms with van der Waals surface area (Å²) in [5.74, 6) is -1.17. The lowest BCUT2D eigenvalue weighted by molar-refractivity contribution is 0.172. The lowest BCUT2D eigenvalue weighted by Crippen LogP contribution is -2.35. The highest BCUT2D eigenvalue weighted by molar-refractivity contribution is 5.20. The van der Waals surface area contributed by atoms with Crippen LogP contribution in [0.2, 0.25) is 0 Å². The van der Waals surface area contributed by atoms with E-state index in [0.29, 0.717) is 12.0 Å². The Kier molecular flexibility index (Phi) is 4.88. The van der Waals surface area contributed by atoms with Gasteiger partial charge in [-0.25, -0.2) is 8.78 Å². The first kappa shape index (κ1) is 14.4. The zero-order valence-electron chi connectivity index (χ0n) is 11.2. The van der Waals surface area contributed by atoms with Gasteiger partial charge in [0.2, 0.25) is 0 Å². The number of aliphatic hydroxyl groups is 1. The maximum atomic E-state index is 13.2. The van der Waals surface area contributed by atoms with Crippen LogP contribution in [0.1, 0.15) is 44.2 Å². The average molecular weight is 269 g/mol. The van der Waals surface area contributed by atoms with Crippen LogP contribution in [0.15, 0.2) is 18.2 Å². The van der Waals surface area contributed by atoms with Crippen LogP contribution in [0.5, 0.6) is 0 Å². The Morgan fingerprint density at radius 3 is 2.47 bits per heavy atom. The molecule has 1 aromatic rings. The number of rotatable bonds is 4. The summed E-state index contributed by atoms with van der Waals surface area (Å²) in [5.41, 5.74) is 0.767. The third-order valence-electron chi connectivity index (χ3n) is 4.03. The minimum absolute atomic E-state index is 0.00535. The molecule has 4 heteroatoms. The number of halogens is 2. The SMILES string of the molecule is CC(NC1CCC(CO)CC1)c1ccc(F)c(F)c1. The maximum Gasteiger partial charge on any atom is 0.159 e. The summed E-state index contributed by atoms with van der Waals surface area (Å²) >= 11 is 0. The van der Waals surface area contributed by atoms with E-state index in [0.717, 1.165) is 31.2 Å². The van der Waals surface area contributed by atoms with Crippen LogP contribution in [0.25, 0.3) is 0 Å². The van der Waals surface area contributed by atoms with Gasteiger partial charge in [0.1, 0.15) is 0 Å². The minimum atomic E-state index is -0.806. The number of hydrogen-bond acceptors (Lipinski definition) is 2. The molecule has 0 heterocycles. The fraction of sp³-hybridized carbons (Fsp3) is 0.600. The molecule has 1 fully saturated rings.